The van der Waals surface area contributed by atoms with E-state index in [9.17, 15) is 9.59 Å². The van der Waals surface area contributed by atoms with Gasteiger partial charge in [0.1, 0.15) is 0 Å². The summed E-state index contributed by atoms with van der Waals surface area (Å²) in [6, 6.07) is 7.03. The van der Waals surface area contributed by atoms with Crippen LogP contribution in [0.5, 0.6) is 0 Å². The maximum absolute atomic E-state index is 12.2. The van der Waals surface area contributed by atoms with E-state index in [1.165, 1.54) is 22.7 Å². The molecule has 0 bridgehead atoms. The Morgan fingerprint density at radius 3 is 2.30 bits per heavy atom. The molecule has 2 aromatic heterocycles. The summed E-state index contributed by atoms with van der Waals surface area (Å²) in [5, 5.41) is 15.6. The predicted molar refractivity (Wildman–Crippen MR) is 80.2 cm³/mol. The average molecular weight is 309 g/mol. The summed E-state index contributed by atoms with van der Waals surface area (Å²) in [6.45, 7) is 1.83. The number of hydrogen-bond donors (Lipinski definition) is 2. The molecule has 2 aromatic rings. The lowest BCUT2D eigenvalue weighted by molar-refractivity contribution is -0.137. The molecule has 0 radical (unpaired) electrons. The van der Waals surface area contributed by atoms with Gasteiger partial charge in [-0.05, 0) is 29.8 Å². The second-order valence-electron chi connectivity index (χ2n) is 4.41. The number of carboxylic acid groups (broad SMARTS) is 1. The Morgan fingerprint density at radius 2 is 1.80 bits per heavy atom. The molecule has 0 aliphatic heterocycles. The monoisotopic (exact) mass is 309 g/mol. The van der Waals surface area contributed by atoms with Crippen molar-refractivity contribution in [3.05, 3.63) is 44.8 Å². The SMILES string of the molecule is C[C@@H](C(=O)N[C@H](CC(=O)O)c1cccs1)c1cccs1. The topological polar surface area (TPSA) is 66.4 Å². The maximum atomic E-state index is 12.2. The quantitative estimate of drug-likeness (QED) is 0.861. The van der Waals surface area contributed by atoms with Crippen LogP contribution in [0.3, 0.4) is 0 Å². The fourth-order valence-electron chi connectivity index (χ4n) is 1.85. The Kier molecular flexibility index (Phi) is 4.92. The van der Waals surface area contributed by atoms with E-state index in [1.54, 1.807) is 0 Å². The Hall–Kier alpha value is -1.66. The van der Waals surface area contributed by atoms with Crippen molar-refractivity contribution < 1.29 is 14.7 Å². The van der Waals surface area contributed by atoms with Crippen molar-refractivity contribution in [2.45, 2.75) is 25.3 Å². The van der Waals surface area contributed by atoms with Gasteiger partial charge < -0.3 is 10.4 Å². The third-order valence-electron chi connectivity index (χ3n) is 2.95. The molecule has 0 unspecified atom stereocenters. The molecule has 2 N–H and O–H groups in total. The first-order valence-corrected chi connectivity index (χ1v) is 7.93. The molecular weight excluding hydrogens is 294 g/mol. The number of carbonyl (C=O) groups is 2. The van der Waals surface area contributed by atoms with Crippen LogP contribution >= 0.6 is 22.7 Å². The van der Waals surface area contributed by atoms with Gasteiger partial charge in [0.2, 0.25) is 5.91 Å². The third-order valence-corrected chi connectivity index (χ3v) is 4.99. The zero-order chi connectivity index (χ0) is 14.5. The van der Waals surface area contributed by atoms with Crippen LogP contribution < -0.4 is 5.32 Å². The number of amides is 1. The molecule has 0 fully saturated rings. The molecule has 2 rings (SSSR count). The first kappa shape index (κ1) is 14.7. The molecule has 0 saturated carbocycles. The number of hydrogen-bond acceptors (Lipinski definition) is 4. The summed E-state index contributed by atoms with van der Waals surface area (Å²) in [5.74, 6) is -1.34. The molecular formula is C14H15NO3S2. The third kappa shape index (κ3) is 3.68. The molecule has 0 aliphatic carbocycles. The second-order valence-corrected chi connectivity index (χ2v) is 6.37. The van der Waals surface area contributed by atoms with Gasteiger partial charge in [0.05, 0.1) is 18.4 Å². The minimum absolute atomic E-state index is 0.108. The van der Waals surface area contributed by atoms with Crippen molar-refractivity contribution in [2.24, 2.45) is 0 Å². The first-order chi connectivity index (χ1) is 9.58. The molecule has 20 heavy (non-hydrogen) atoms. The van der Waals surface area contributed by atoms with Crippen LogP contribution in [0.4, 0.5) is 0 Å². The Labute approximate surface area is 125 Å². The summed E-state index contributed by atoms with van der Waals surface area (Å²) in [7, 11) is 0. The van der Waals surface area contributed by atoms with Crippen molar-refractivity contribution in [2.75, 3.05) is 0 Å². The molecule has 1 amide bonds. The van der Waals surface area contributed by atoms with Crippen LogP contribution in [0.1, 0.15) is 35.1 Å². The van der Waals surface area contributed by atoms with E-state index >= 15 is 0 Å². The van der Waals surface area contributed by atoms with E-state index in [-0.39, 0.29) is 18.2 Å². The highest BCUT2D eigenvalue weighted by molar-refractivity contribution is 7.10. The Bertz CT molecular complexity index is 563. The number of aliphatic carboxylic acids is 1. The lowest BCUT2D eigenvalue weighted by atomic mass is 10.1. The summed E-state index contributed by atoms with van der Waals surface area (Å²) >= 11 is 2.97. The molecule has 6 heteroatoms. The van der Waals surface area contributed by atoms with Crippen molar-refractivity contribution in [3.63, 3.8) is 0 Å². The number of carboxylic acids is 1. The fourth-order valence-corrected chi connectivity index (χ4v) is 3.41. The van der Waals surface area contributed by atoms with E-state index < -0.39 is 12.0 Å². The van der Waals surface area contributed by atoms with Gasteiger partial charge in [-0.1, -0.05) is 12.1 Å². The van der Waals surface area contributed by atoms with E-state index in [0.29, 0.717) is 0 Å². The van der Waals surface area contributed by atoms with Crippen LogP contribution in [0, 0.1) is 0 Å². The van der Waals surface area contributed by atoms with Gasteiger partial charge in [-0.25, -0.2) is 0 Å². The highest BCUT2D eigenvalue weighted by atomic mass is 32.1. The standard InChI is InChI=1S/C14H15NO3S2/c1-9(11-4-2-6-19-11)14(18)15-10(8-13(16)17)12-5-3-7-20-12/h2-7,9-10H,8H2,1H3,(H,15,18)(H,16,17)/t9-,10-/m1/s1. The molecule has 2 heterocycles. The average Bonchev–Trinajstić information content (AvgIpc) is 3.09. The van der Waals surface area contributed by atoms with Gasteiger partial charge in [0.15, 0.2) is 0 Å². The summed E-state index contributed by atoms with van der Waals surface area (Å²) in [5.41, 5.74) is 0. The highest BCUT2D eigenvalue weighted by Crippen LogP contribution is 2.25. The lowest BCUT2D eigenvalue weighted by Gasteiger charge is -2.18. The van der Waals surface area contributed by atoms with E-state index in [1.807, 2.05) is 41.9 Å². The second kappa shape index (κ2) is 6.67. The van der Waals surface area contributed by atoms with Crippen LogP contribution in [-0.4, -0.2) is 17.0 Å². The molecule has 0 aliphatic rings. The lowest BCUT2D eigenvalue weighted by Crippen LogP contribution is -2.32. The van der Waals surface area contributed by atoms with Crippen molar-refractivity contribution in [1.29, 1.82) is 0 Å². The predicted octanol–water partition coefficient (Wildman–Crippen LogP) is 3.25. The Morgan fingerprint density at radius 1 is 1.20 bits per heavy atom. The van der Waals surface area contributed by atoms with Gasteiger partial charge in [0, 0.05) is 9.75 Å². The maximum Gasteiger partial charge on any atom is 0.305 e. The number of thiophene rings is 2. The molecule has 2 atom stereocenters. The molecule has 4 nitrogen and oxygen atoms in total. The van der Waals surface area contributed by atoms with Crippen LogP contribution in [0.25, 0.3) is 0 Å². The van der Waals surface area contributed by atoms with Crippen molar-refractivity contribution >= 4 is 34.6 Å². The number of nitrogens with one attached hydrogen (secondary N) is 1. The summed E-state index contributed by atoms with van der Waals surface area (Å²) in [6.07, 6.45) is -0.108. The van der Waals surface area contributed by atoms with E-state index in [4.69, 9.17) is 5.11 Å². The van der Waals surface area contributed by atoms with Crippen LogP contribution in [-0.2, 0) is 9.59 Å². The zero-order valence-electron chi connectivity index (χ0n) is 10.9. The van der Waals surface area contributed by atoms with Crippen molar-refractivity contribution in [3.8, 4) is 0 Å². The highest BCUT2D eigenvalue weighted by Gasteiger charge is 2.23. The van der Waals surface area contributed by atoms with Gasteiger partial charge in [-0.3, -0.25) is 9.59 Å². The molecule has 0 spiro atoms. The molecule has 106 valence electrons. The smallest absolute Gasteiger partial charge is 0.305 e. The Balaban J connectivity index is 2.07. The number of carbonyl (C=O) groups excluding carboxylic acids is 1. The van der Waals surface area contributed by atoms with E-state index in [0.717, 1.165) is 9.75 Å². The van der Waals surface area contributed by atoms with Gasteiger partial charge in [-0.2, -0.15) is 0 Å². The van der Waals surface area contributed by atoms with E-state index in [2.05, 4.69) is 5.32 Å². The van der Waals surface area contributed by atoms with Gasteiger partial charge >= 0.3 is 5.97 Å². The van der Waals surface area contributed by atoms with Crippen LogP contribution in [0.2, 0.25) is 0 Å². The number of rotatable bonds is 6. The van der Waals surface area contributed by atoms with Gasteiger partial charge in [0.25, 0.3) is 0 Å². The van der Waals surface area contributed by atoms with Crippen LogP contribution in [0.15, 0.2) is 35.0 Å². The summed E-state index contributed by atoms with van der Waals surface area (Å²) < 4.78 is 0. The molecule has 0 saturated heterocycles. The molecule has 0 aromatic carbocycles. The van der Waals surface area contributed by atoms with Gasteiger partial charge in [-0.15, -0.1) is 22.7 Å². The summed E-state index contributed by atoms with van der Waals surface area (Å²) in [4.78, 5) is 25.0. The zero-order valence-corrected chi connectivity index (χ0v) is 12.5. The largest absolute Gasteiger partial charge is 0.481 e. The van der Waals surface area contributed by atoms with Crippen molar-refractivity contribution in [1.82, 2.24) is 5.32 Å². The minimum atomic E-state index is -0.924. The first-order valence-electron chi connectivity index (χ1n) is 6.17. The fraction of sp³-hybridized carbons (Fsp3) is 0.286. The minimum Gasteiger partial charge on any atom is -0.481 e. The normalized spacial score (nSPS) is 13.7.